The summed E-state index contributed by atoms with van der Waals surface area (Å²) < 4.78 is 0. The molecule has 0 amide bonds. The number of aliphatic hydroxyl groups is 1. The molecule has 0 spiro atoms. The van der Waals surface area contributed by atoms with Gasteiger partial charge >= 0.3 is 0 Å². The Hall–Kier alpha value is -2.97. The molecule has 0 bridgehead atoms. The van der Waals surface area contributed by atoms with Crippen molar-refractivity contribution in [1.82, 2.24) is 19.9 Å². The highest BCUT2D eigenvalue weighted by molar-refractivity contribution is 6.30. The number of aromatic nitrogens is 4. The number of nitrogens with zero attached hydrogens (tertiary/aromatic N) is 4. The van der Waals surface area contributed by atoms with Crippen LogP contribution in [0, 0.1) is 0 Å². The molecule has 9 heteroatoms. The summed E-state index contributed by atoms with van der Waals surface area (Å²) in [4.78, 5) is 17.0. The fourth-order valence-corrected chi connectivity index (χ4v) is 2.42. The third kappa shape index (κ3) is 4.78. The van der Waals surface area contributed by atoms with Gasteiger partial charge in [0.2, 0.25) is 11.9 Å². The smallest absolute Gasteiger partial charge is 0.232 e. The lowest BCUT2D eigenvalue weighted by Crippen LogP contribution is -2.06. The van der Waals surface area contributed by atoms with Crippen LogP contribution in [0.4, 0.5) is 23.4 Å². The molecule has 8 nitrogen and oxygen atoms in total. The van der Waals surface area contributed by atoms with E-state index in [4.69, 9.17) is 22.4 Å². The van der Waals surface area contributed by atoms with E-state index in [0.29, 0.717) is 35.6 Å². The van der Waals surface area contributed by atoms with Crippen LogP contribution in [0.3, 0.4) is 0 Å². The van der Waals surface area contributed by atoms with Gasteiger partial charge in [-0.3, -0.25) is 0 Å². The maximum absolute atomic E-state index is 8.86. The van der Waals surface area contributed by atoms with Gasteiger partial charge in [0.15, 0.2) is 5.82 Å². The molecule has 26 heavy (non-hydrogen) atoms. The summed E-state index contributed by atoms with van der Waals surface area (Å²) in [5.74, 6) is 1.52. The van der Waals surface area contributed by atoms with E-state index in [1.54, 1.807) is 24.4 Å². The number of benzene rings is 1. The van der Waals surface area contributed by atoms with Crippen LogP contribution < -0.4 is 16.4 Å². The van der Waals surface area contributed by atoms with E-state index < -0.39 is 0 Å². The molecule has 0 atom stereocenters. The first-order valence-corrected chi connectivity index (χ1v) is 8.37. The average molecular weight is 372 g/mol. The quantitative estimate of drug-likeness (QED) is 0.467. The maximum atomic E-state index is 8.86. The molecule has 5 N–H and O–H groups in total. The molecule has 3 rings (SSSR count). The van der Waals surface area contributed by atoms with Crippen LogP contribution in [0.15, 0.2) is 42.6 Å². The molecule has 0 aliphatic heterocycles. The van der Waals surface area contributed by atoms with Crippen molar-refractivity contribution in [3.05, 3.63) is 47.6 Å². The van der Waals surface area contributed by atoms with Gasteiger partial charge < -0.3 is 21.5 Å². The molecular weight excluding hydrogens is 354 g/mol. The molecule has 2 aromatic heterocycles. The standard InChI is InChI=1S/C17H18ClN7O/c18-12-3-1-4-13(10-12)22-17-24-15(23-16(19)25-17)11-5-7-21-14(9-11)20-6-2-8-26/h1,3-5,7,9-10,26H,2,6,8H2,(H,20,21)(H3,19,22,23,24,25). The molecule has 0 aliphatic carbocycles. The number of nitrogens with two attached hydrogens (primary N) is 1. The van der Waals surface area contributed by atoms with Gasteiger partial charge in [0.1, 0.15) is 5.82 Å². The van der Waals surface area contributed by atoms with E-state index >= 15 is 0 Å². The van der Waals surface area contributed by atoms with Crippen molar-refractivity contribution in [1.29, 1.82) is 0 Å². The molecule has 0 saturated heterocycles. The molecule has 0 aliphatic rings. The Kier molecular flexibility index (Phi) is 5.77. The highest BCUT2D eigenvalue weighted by atomic mass is 35.5. The SMILES string of the molecule is Nc1nc(Nc2cccc(Cl)c2)nc(-c2ccnc(NCCCO)c2)n1. The summed E-state index contributed by atoms with van der Waals surface area (Å²) in [6.07, 6.45) is 2.29. The van der Waals surface area contributed by atoms with E-state index in [9.17, 15) is 0 Å². The summed E-state index contributed by atoms with van der Waals surface area (Å²) in [5.41, 5.74) is 7.32. The Bertz CT molecular complexity index is 890. The fourth-order valence-electron chi connectivity index (χ4n) is 2.23. The lowest BCUT2D eigenvalue weighted by atomic mass is 10.2. The predicted octanol–water partition coefficient (Wildman–Crippen LogP) is 2.71. The molecule has 0 fully saturated rings. The summed E-state index contributed by atoms with van der Waals surface area (Å²) in [6.45, 7) is 0.739. The number of pyridine rings is 1. The minimum absolute atomic E-state index is 0.103. The lowest BCUT2D eigenvalue weighted by molar-refractivity contribution is 0.292. The van der Waals surface area contributed by atoms with Gasteiger partial charge in [0.05, 0.1) is 0 Å². The summed E-state index contributed by atoms with van der Waals surface area (Å²) in [5, 5.41) is 15.7. The monoisotopic (exact) mass is 371 g/mol. The number of anilines is 4. The molecule has 3 aromatic rings. The first-order valence-electron chi connectivity index (χ1n) is 7.99. The molecular formula is C17H18ClN7O. The minimum atomic E-state index is 0.103. The van der Waals surface area contributed by atoms with Crippen molar-refractivity contribution in [3.8, 4) is 11.4 Å². The van der Waals surface area contributed by atoms with E-state index in [0.717, 1.165) is 11.3 Å². The number of nitrogens with one attached hydrogen (secondary N) is 2. The van der Waals surface area contributed by atoms with Crippen LogP contribution in [0.5, 0.6) is 0 Å². The summed E-state index contributed by atoms with van der Waals surface area (Å²) >= 11 is 5.99. The topological polar surface area (TPSA) is 122 Å². The Morgan fingerprint density at radius 3 is 2.81 bits per heavy atom. The molecule has 2 heterocycles. The zero-order valence-electron chi connectivity index (χ0n) is 13.9. The van der Waals surface area contributed by atoms with Gasteiger partial charge in [0, 0.05) is 35.6 Å². The number of nitrogen functional groups attached to an aromatic ring is 1. The van der Waals surface area contributed by atoms with Crippen molar-refractivity contribution in [3.63, 3.8) is 0 Å². The number of halogens is 1. The number of hydrogen-bond donors (Lipinski definition) is 4. The van der Waals surface area contributed by atoms with Crippen LogP contribution in [-0.2, 0) is 0 Å². The lowest BCUT2D eigenvalue weighted by Gasteiger charge is -2.09. The first-order chi connectivity index (χ1) is 12.6. The molecule has 0 radical (unpaired) electrons. The second-order valence-corrected chi connectivity index (χ2v) is 5.85. The predicted molar refractivity (Wildman–Crippen MR) is 102 cm³/mol. The molecule has 134 valence electrons. The van der Waals surface area contributed by atoms with Gasteiger partial charge in [0.25, 0.3) is 0 Å². The maximum Gasteiger partial charge on any atom is 0.232 e. The average Bonchev–Trinajstić information content (AvgIpc) is 2.62. The van der Waals surface area contributed by atoms with Crippen molar-refractivity contribution < 1.29 is 5.11 Å². The van der Waals surface area contributed by atoms with Crippen molar-refractivity contribution in [2.24, 2.45) is 0 Å². The molecule has 1 aromatic carbocycles. The van der Waals surface area contributed by atoms with Gasteiger partial charge in [-0.1, -0.05) is 17.7 Å². The van der Waals surface area contributed by atoms with E-state index in [1.807, 2.05) is 18.2 Å². The normalized spacial score (nSPS) is 10.5. The Morgan fingerprint density at radius 1 is 1.12 bits per heavy atom. The summed E-state index contributed by atoms with van der Waals surface area (Å²) in [7, 11) is 0. The van der Waals surface area contributed by atoms with Gasteiger partial charge in [-0.05, 0) is 36.8 Å². The number of aliphatic hydroxyl groups excluding tert-OH is 1. The third-order valence-corrected chi connectivity index (χ3v) is 3.63. The van der Waals surface area contributed by atoms with E-state index in [2.05, 4.69) is 30.6 Å². The van der Waals surface area contributed by atoms with Crippen LogP contribution in [0.25, 0.3) is 11.4 Å². The van der Waals surface area contributed by atoms with Crippen LogP contribution >= 0.6 is 11.6 Å². The van der Waals surface area contributed by atoms with Crippen molar-refractivity contribution in [2.75, 3.05) is 29.5 Å². The van der Waals surface area contributed by atoms with Crippen LogP contribution in [0.2, 0.25) is 5.02 Å². The second-order valence-electron chi connectivity index (χ2n) is 5.41. The molecule has 0 unspecified atom stereocenters. The van der Waals surface area contributed by atoms with E-state index in [1.165, 1.54) is 0 Å². The highest BCUT2D eigenvalue weighted by Gasteiger charge is 2.09. The Labute approximate surface area is 155 Å². The zero-order valence-corrected chi connectivity index (χ0v) is 14.6. The van der Waals surface area contributed by atoms with Crippen LogP contribution in [-0.4, -0.2) is 38.2 Å². The van der Waals surface area contributed by atoms with Gasteiger partial charge in [-0.2, -0.15) is 15.0 Å². The Balaban J connectivity index is 1.84. The Morgan fingerprint density at radius 2 is 2.00 bits per heavy atom. The van der Waals surface area contributed by atoms with E-state index in [-0.39, 0.29) is 12.6 Å². The van der Waals surface area contributed by atoms with Crippen molar-refractivity contribution in [2.45, 2.75) is 6.42 Å². The molecule has 0 saturated carbocycles. The van der Waals surface area contributed by atoms with Gasteiger partial charge in [-0.25, -0.2) is 4.98 Å². The third-order valence-electron chi connectivity index (χ3n) is 3.39. The van der Waals surface area contributed by atoms with Crippen LogP contribution in [0.1, 0.15) is 6.42 Å². The number of hydrogen-bond acceptors (Lipinski definition) is 8. The summed E-state index contributed by atoms with van der Waals surface area (Å²) in [6, 6.07) is 10.8. The number of rotatable bonds is 7. The first kappa shape index (κ1) is 17.8. The zero-order chi connectivity index (χ0) is 18.4. The largest absolute Gasteiger partial charge is 0.396 e. The van der Waals surface area contributed by atoms with Gasteiger partial charge in [-0.15, -0.1) is 0 Å². The fraction of sp³-hybridized carbons (Fsp3) is 0.176. The second kappa shape index (κ2) is 8.41. The van der Waals surface area contributed by atoms with Crippen molar-refractivity contribution >= 4 is 35.0 Å². The minimum Gasteiger partial charge on any atom is -0.396 e. The highest BCUT2D eigenvalue weighted by Crippen LogP contribution is 2.22.